The third-order valence-corrected chi connectivity index (χ3v) is 4.91. The van der Waals surface area contributed by atoms with Crippen molar-refractivity contribution in [2.45, 2.75) is 0 Å². The topological polar surface area (TPSA) is 3.24 Å². The molecular formula is C26H18N. The Morgan fingerprint density at radius 1 is 0.556 bits per heavy atom. The largest absolute Gasteiger partial charge is 0.309 e. The molecule has 0 aromatic heterocycles. The Bertz CT molecular complexity index is 1120. The first-order valence-electron chi connectivity index (χ1n) is 9.14. The smallest absolute Gasteiger partial charge is 0.0618 e. The van der Waals surface area contributed by atoms with Gasteiger partial charge in [-0.2, -0.15) is 0 Å². The quantitative estimate of drug-likeness (QED) is 0.311. The van der Waals surface area contributed by atoms with E-state index in [0.29, 0.717) is 0 Å². The van der Waals surface area contributed by atoms with Crippen LogP contribution < -0.4 is 4.90 Å². The number of hydrogen-bond donors (Lipinski definition) is 0. The van der Waals surface area contributed by atoms with Crippen LogP contribution in [0.1, 0.15) is 0 Å². The van der Waals surface area contributed by atoms with Gasteiger partial charge in [-0.3, -0.25) is 0 Å². The van der Waals surface area contributed by atoms with Crippen molar-refractivity contribution in [3.05, 3.63) is 115 Å². The third-order valence-electron chi connectivity index (χ3n) is 4.91. The molecule has 0 spiro atoms. The van der Waals surface area contributed by atoms with E-state index in [4.69, 9.17) is 0 Å². The van der Waals surface area contributed by atoms with Gasteiger partial charge in [-0.1, -0.05) is 78.9 Å². The molecule has 5 aromatic carbocycles. The lowest BCUT2D eigenvalue weighted by molar-refractivity contribution is 1.31. The highest BCUT2D eigenvalue weighted by molar-refractivity contribution is 6.13. The molecule has 0 bridgehead atoms. The predicted molar refractivity (Wildman–Crippen MR) is 115 cm³/mol. The van der Waals surface area contributed by atoms with Crippen LogP contribution in [-0.2, 0) is 0 Å². The van der Waals surface area contributed by atoms with Crippen molar-refractivity contribution in [3.8, 4) is 0 Å². The van der Waals surface area contributed by atoms with E-state index in [9.17, 15) is 0 Å². The summed E-state index contributed by atoms with van der Waals surface area (Å²) in [6.07, 6.45) is 0. The molecule has 1 nitrogen and oxygen atoms in total. The van der Waals surface area contributed by atoms with Gasteiger partial charge in [-0.25, -0.2) is 0 Å². The van der Waals surface area contributed by atoms with E-state index in [0.717, 1.165) is 16.8 Å². The fourth-order valence-electron chi connectivity index (χ4n) is 3.72. The van der Waals surface area contributed by atoms with E-state index in [1.807, 2.05) is 6.07 Å². The molecule has 0 N–H and O–H groups in total. The van der Waals surface area contributed by atoms with Gasteiger partial charge >= 0.3 is 0 Å². The van der Waals surface area contributed by atoms with E-state index < -0.39 is 0 Å². The van der Waals surface area contributed by atoms with Crippen molar-refractivity contribution in [3.63, 3.8) is 0 Å². The minimum atomic E-state index is 1.13. The molecule has 27 heavy (non-hydrogen) atoms. The van der Waals surface area contributed by atoms with Gasteiger partial charge in [0, 0.05) is 22.1 Å². The van der Waals surface area contributed by atoms with Crippen molar-refractivity contribution in [1.82, 2.24) is 0 Å². The van der Waals surface area contributed by atoms with Crippen LogP contribution in [-0.4, -0.2) is 0 Å². The highest BCUT2D eigenvalue weighted by Gasteiger charge is 2.18. The van der Waals surface area contributed by atoms with Crippen LogP contribution in [0.3, 0.4) is 0 Å². The van der Waals surface area contributed by atoms with Crippen molar-refractivity contribution >= 4 is 38.6 Å². The Labute approximate surface area is 159 Å². The van der Waals surface area contributed by atoms with Crippen LogP contribution in [0.4, 0.5) is 17.1 Å². The fourth-order valence-corrected chi connectivity index (χ4v) is 3.72. The lowest BCUT2D eigenvalue weighted by Gasteiger charge is -2.28. The molecule has 0 aliphatic heterocycles. The van der Waals surface area contributed by atoms with Crippen LogP contribution in [0, 0.1) is 6.07 Å². The minimum absolute atomic E-state index is 1.13. The van der Waals surface area contributed by atoms with Gasteiger partial charge in [0.05, 0.1) is 5.69 Å². The SMILES string of the molecule is [c]1cccc2c(N(c3ccccc3)c3ccccc3)c3ccccc3cc12. The van der Waals surface area contributed by atoms with E-state index in [1.54, 1.807) is 0 Å². The Morgan fingerprint density at radius 3 is 1.85 bits per heavy atom. The molecule has 5 rings (SSSR count). The molecular weight excluding hydrogens is 326 g/mol. The van der Waals surface area contributed by atoms with Crippen molar-refractivity contribution in [1.29, 1.82) is 0 Å². The van der Waals surface area contributed by atoms with Crippen LogP contribution >= 0.6 is 0 Å². The van der Waals surface area contributed by atoms with Gasteiger partial charge in [-0.15, -0.1) is 0 Å². The van der Waals surface area contributed by atoms with Gasteiger partial charge in [0.25, 0.3) is 0 Å². The summed E-state index contributed by atoms with van der Waals surface area (Å²) in [6.45, 7) is 0. The maximum Gasteiger partial charge on any atom is 0.0618 e. The van der Waals surface area contributed by atoms with Gasteiger partial charge in [0.15, 0.2) is 0 Å². The molecule has 0 aliphatic rings. The highest BCUT2D eigenvalue weighted by atomic mass is 15.1. The number of anilines is 3. The van der Waals surface area contributed by atoms with E-state index >= 15 is 0 Å². The Hall–Kier alpha value is -3.58. The second kappa shape index (κ2) is 6.62. The Morgan fingerprint density at radius 2 is 1.15 bits per heavy atom. The molecule has 0 aliphatic carbocycles. The molecule has 0 atom stereocenters. The molecule has 5 aromatic rings. The van der Waals surface area contributed by atoms with Crippen molar-refractivity contribution in [2.75, 3.05) is 4.90 Å². The zero-order chi connectivity index (χ0) is 18.1. The lowest BCUT2D eigenvalue weighted by Crippen LogP contribution is -2.10. The number of hydrogen-bond acceptors (Lipinski definition) is 1. The summed E-state index contributed by atoms with van der Waals surface area (Å²) in [5, 5.41) is 4.78. The van der Waals surface area contributed by atoms with Gasteiger partial charge < -0.3 is 4.90 Å². The van der Waals surface area contributed by atoms with Gasteiger partial charge in [-0.05, 0) is 47.2 Å². The van der Waals surface area contributed by atoms with Crippen LogP contribution in [0.5, 0.6) is 0 Å². The summed E-state index contributed by atoms with van der Waals surface area (Å²) < 4.78 is 0. The predicted octanol–water partition coefficient (Wildman–Crippen LogP) is 7.26. The molecule has 0 amide bonds. The molecule has 0 saturated carbocycles. The van der Waals surface area contributed by atoms with Crippen molar-refractivity contribution in [2.24, 2.45) is 0 Å². The van der Waals surface area contributed by atoms with Crippen LogP contribution in [0.15, 0.2) is 109 Å². The summed E-state index contributed by atoms with van der Waals surface area (Å²) in [6, 6.07) is 41.6. The standard InChI is InChI=1S/C26H18N/c1-3-13-22(14-4-1)27(23-15-5-2-6-16-23)26-24-17-9-7-11-20(24)19-21-12-8-10-18-25(21)26/h1-11,13-19H. The molecule has 0 fully saturated rings. The monoisotopic (exact) mass is 344 g/mol. The second-order valence-electron chi connectivity index (χ2n) is 6.58. The van der Waals surface area contributed by atoms with Crippen LogP contribution in [0.2, 0.25) is 0 Å². The zero-order valence-electron chi connectivity index (χ0n) is 14.8. The highest BCUT2D eigenvalue weighted by Crippen LogP contribution is 2.43. The number of fused-ring (bicyclic) bond motifs is 2. The average molecular weight is 344 g/mol. The average Bonchev–Trinajstić information content (AvgIpc) is 2.75. The molecule has 0 unspecified atom stereocenters. The minimum Gasteiger partial charge on any atom is -0.309 e. The van der Waals surface area contributed by atoms with Crippen LogP contribution in [0.25, 0.3) is 21.5 Å². The number of rotatable bonds is 3. The maximum atomic E-state index is 3.41. The van der Waals surface area contributed by atoms with E-state index in [2.05, 4.69) is 114 Å². The number of benzene rings is 5. The first-order valence-corrected chi connectivity index (χ1v) is 9.14. The first-order chi connectivity index (χ1) is 13.4. The number of para-hydroxylation sites is 2. The summed E-state index contributed by atoms with van der Waals surface area (Å²) in [7, 11) is 0. The molecule has 0 saturated heterocycles. The molecule has 1 heteroatoms. The fraction of sp³-hybridized carbons (Fsp3) is 0. The summed E-state index contributed by atoms with van der Waals surface area (Å²) in [4.78, 5) is 2.35. The zero-order valence-corrected chi connectivity index (χ0v) is 14.8. The number of nitrogens with zero attached hydrogens (tertiary/aromatic N) is 1. The normalized spacial score (nSPS) is 11.0. The Balaban J connectivity index is 1.92. The molecule has 127 valence electrons. The van der Waals surface area contributed by atoms with Crippen molar-refractivity contribution < 1.29 is 0 Å². The molecule has 1 radical (unpaired) electrons. The van der Waals surface area contributed by atoms with Gasteiger partial charge in [0.2, 0.25) is 0 Å². The maximum absolute atomic E-state index is 3.41. The van der Waals surface area contributed by atoms with E-state index in [-0.39, 0.29) is 0 Å². The summed E-state index contributed by atoms with van der Waals surface area (Å²) in [5.74, 6) is 0. The Kier molecular flexibility index (Phi) is 3.84. The molecule has 0 heterocycles. The van der Waals surface area contributed by atoms with E-state index in [1.165, 1.54) is 21.8 Å². The third kappa shape index (κ3) is 2.74. The first kappa shape index (κ1) is 15.7. The lowest BCUT2D eigenvalue weighted by atomic mass is 9.99. The second-order valence-corrected chi connectivity index (χ2v) is 6.58. The summed E-state index contributed by atoms with van der Waals surface area (Å²) >= 11 is 0. The summed E-state index contributed by atoms with van der Waals surface area (Å²) in [5.41, 5.74) is 3.48. The van der Waals surface area contributed by atoms with Gasteiger partial charge in [0.1, 0.15) is 0 Å².